The smallest absolute Gasteiger partial charge is 0.383 e. The van der Waals surface area contributed by atoms with Crippen molar-refractivity contribution in [2.75, 3.05) is 11.9 Å². The Labute approximate surface area is 189 Å². The van der Waals surface area contributed by atoms with Gasteiger partial charge in [0.1, 0.15) is 11.8 Å². The van der Waals surface area contributed by atoms with Gasteiger partial charge in [-0.2, -0.15) is 18.3 Å². The standard InChI is InChI=1S/C24H24F3N5O/c1-4-22(33)18-6-5-17(11-15(18)2)32-14-29-23-19(28-10-8-24(25,26)27)12-16(13-21(23)32)20-7-9-30-31(20)3/h5-7,9,11-14,28H,4,8,10H2,1-3H3. The average molecular weight is 455 g/mol. The summed E-state index contributed by atoms with van der Waals surface area (Å²) in [6.45, 7) is 3.45. The molecule has 0 radical (unpaired) electrons. The molecule has 0 atom stereocenters. The third kappa shape index (κ3) is 4.62. The van der Waals surface area contributed by atoms with Crippen molar-refractivity contribution in [1.82, 2.24) is 19.3 Å². The minimum Gasteiger partial charge on any atom is -0.383 e. The number of anilines is 1. The van der Waals surface area contributed by atoms with E-state index in [1.54, 1.807) is 36.4 Å². The van der Waals surface area contributed by atoms with Crippen LogP contribution in [0.3, 0.4) is 0 Å². The minimum atomic E-state index is -4.25. The first-order valence-corrected chi connectivity index (χ1v) is 10.6. The first-order valence-electron chi connectivity index (χ1n) is 10.6. The Hall–Kier alpha value is -3.62. The summed E-state index contributed by atoms with van der Waals surface area (Å²) in [6, 6.07) is 11.1. The van der Waals surface area contributed by atoms with E-state index in [4.69, 9.17) is 0 Å². The maximum absolute atomic E-state index is 12.7. The number of rotatable bonds is 7. The summed E-state index contributed by atoms with van der Waals surface area (Å²) in [6.07, 6.45) is -1.46. The molecule has 9 heteroatoms. The van der Waals surface area contributed by atoms with Crippen LogP contribution < -0.4 is 5.32 Å². The molecule has 2 heterocycles. The molecule has 2 aromatic heterocycles. The molecule has 0 aliphatic heterocycles. The predicted octanol–water partition coefficient (Wildman–Crippen LogP) is 5.69. The van der Waals surface area contributed by atoms with Crippen LogP contribution in [0.1, 0.15) is 35.7 Å². The molecule has 33 heavy (non-hydrogen) atoms. The lowest BCUT2D eigenvalue weighted by Crippen LogP contribution is -2.14. The number of carbonyl (C=O) groups excluding carboxylic acids is 1. The number of nitrogens with one attached hydrogen (secondary N) is 1. The quantitative estimate of drug-likeness (QED) is 0.364. The van der Waals surface area contributed by atoms with Crippen LogP contribution >= 0.6 is 0 Å². The molecule has 2 aromatic carbocycles. The summed E-state index contributed by atoms with van der Waals surface area (Å²) in [5, 5.41) is 7.11. The van der Waals surface area contributed by atoms with Gasteiger partial charge in [-0.1, -0.05) is 6.92 Å². The van der Waals surface area contributed by atoms with Gasteiger partial charge < -0.3 is 5.32 Å². The highest BCUT2D eigenvalue weighted by atomic mass is 19.4. The third-order valence-electron chi connectivity index (χ3n) is 5.60. The number of hydrogen-bond donors (Lipinski definition) is 1. The fourth-order valence-electron chi connectivity index (χ4n) is 3.90. The Kier molecular flexibility index (Phi) is 5.97. The number of hydrogen-bond acceptors (Lipinski definition) is 4. The van der Waals surface area contributed by atoms with Crippen LogP contribution in [0.5, 0.6) is 0 Å². The number of imidazole rings is 1. The number of carbonyl (C=O) groups is 1. The Bertz CT molecular complexity index is 1320. The number of aromatic nitrogens is 4. The van der Waals surface area contributed by atoms with Gasteiger partial charge in [0.15, 0.2) is 5.78 Å². The summed E-state index contributed by atoms with van der Waals surface area (Å²) in [7, 11) is 1.81. The van der Waals surface area contributed by atoms with E-state index in [0.29, 0.717) is 23.2 Å². The van der Waals surface area contributed by atoms with E-state index in [9.17, 15) is 18.0 Å². The van der Waals surface area contributed by atoms with Gasteiger partial charge >= 0.3 is 6.18 Å². The van der Waals surface area contributed by atoms with Gasteiger partial charge in [0.05, 0.1) is 23.3 Å². The van der Waals surface area contributed by atoms with Crippen LogP contribution in [0.4, 0.5) is 18.9 Å². The van der Waals surface area contributed by atoms with Gasteiger partial charge in [-0.3, -0.25) is 14.0 Å². The van der Waals surface area contributed by atoms with E-state index in [1.165, 1.54) is 0 Å². The number of aryl methyl sites for hydroxylation is 2. The molecule has 0 bridgehead atoms. The Balaban J connectivity index is 1.82. The van der Waals surface area contributed by atoms with Gasteiger partial charge in [0.25, 0.3) is 0 Å². The number of Topliss-reactive ketones (excluding diaryl/α,β-unsaturated/α-hetero) is 1. The van der Waals surface area contributed by atoms with E-state index in [1.807, 2.05) is 42.7 Å². The second-order valence-electron chi connectivity index (χ2n) is 7.91. The topological polar surface area (TPSA) is 64.7 Å². The molecule has 0 amide bonds. The molecular formula is C24H24F3N5O. The second kappa shape index (κ2) is 8.73. The van der Waals surface area contributed by atoms with Crippen LogP contribution in [0.25, 0.3) is 28.0 Å². The normalized spacial score (nSPS) is 11.8. The molecule has 0 unspecified atom stereocenters. The third-order valence-corrected chi connectivity index (χ3v) is 5.60. The van der Waals surface area contributed by atoms with Gasteiger partial charge in [0.2, 0.25) is 0 Å². The molecule has 1 N–H and O–H groups in total. The van der Waals surface area contributed by atoms with E-state index in [2.05, 4.69) is 15.4 Å². The summed E-state index contributed by atoms with van der Waals surface area (Å²) < 4.78 is 41.7. The van der Waals surface area contributed by atoms with E-state index < -0.39 is 12.6 Å². The average Bonchev–Trinajstić information content (AvgIpc) is 3.38. The van der Waals surface area contributed by atoms with E-state index in [-0.39, 0.29) is 12.3 Å². The van der Waals surface area contributed by atoms with Gasteiger partial charge in [-0.25, -0.2) is 4.98 Å². The zero-order valence-electron chi connectivity index (χ0n) is 18.6. The molecule has 0 aliphatic rings. The Morgan fingerprint density at radius 3 is 2.58 bits per heavy atom. The van der Waals surface area contributed by atoms with Crippen molar-refractivity contribution in [3.05, 3.63) is 60.0 Å². The van der Waals surface area contributed by atoms with Gasteiger partial charge in [-0.05, 0) is 48.9 Å². The SMILES string of the molecule is CCC(=O)c1ccc(-n2cnc3c(NCCC(F)(F)F)cc(-c4ccnn4C)cc32)cc1C. The molecule has 172 valence electrons. The monoisotopic (exact) mass is 455 g/mol. The minimum absolute atomic E-state index is 0.0733. The number of halogens is 3. The van der Waals surface area contributed by atoms with Crippen LogP contribution in [-0.2, 0) is 7.05 Å². The van der Waals surface area contributed by atoms with Gasteiger partial charge in [-0.15, -0.1) is 0 Å². The number of alkyl halides is 3. The zero-order valence-corrected chi connectivity index (χ0v) is 18.6. The van der Waals surface area contributed by atoms with Crippen molar-refractivity contribution in [3.8, 4) is 16.9 Å². The Morgan fingerprint density at radius 1 is 1.15 bits per heavy atom. The van der Waals surface area contributed by atoms with Crippen molar-refractivity contribution >= 4 is 22.5 Å². The van der Waals surface area contributed by atoms with Crippen LogP contribution in [0, 0.1) is 6.92 Å². The predicted molar refractivity (Wildman–Crippen MR) is 122 cm³/mol. The first kappa shape index (κ1) is 22.6. The number of benzene rings is 2. The molecule has 0 saturated carbocycles. The van der Waals surface area contributed by atoms with E-state index in [0.717, 1.165) is 28.0 Å². The lowest BCUT2D eigenvalue weighted by atomic mass is 10.0. The lowest BCUT2D eigenvalue weighted by molar-refractivity contribution is -0.131. The highest BCUT2D eigenvalue weighted by Crippen LogP contribution is 2.32. The van der Waals surface area contributed by atoms with Crippen molar-refractivity contribution < 1.29 is 18.0 Å². The lowest BCUT2D eigenvalue weighted by Gasteiger charge is -2.13. The second-order valence-corrected chi connectivity index (χ2v) is 7.91. The summed E-state index contributed by atoms with van der Waals surface area (Å²) in [5.74, 6) is 0.0733. The van der Waals surface area contributed by atoms with Crippen LogP contribution in [-0.4, -0.2) is 37.8 Å². The van der Waals surface area contributed by atoms with Gasteiger partial charge in [0, 0.05) is 43.0 Å². The summed E-state index contributed by atoms with van der Waals surface area (Å²) in [4.78, 5) is 16.6. The number of ketones is 1. The summed E-state index contributed by atoms with van der Waals surface area (Å²) >= 11 is 0. The number of fused-ring (bicyclic) bond motifs is 1. The number of nitrogens with zero attached hydrogens (tertiary/aromatic N) is 4. The molecular weight excluding hydrogens is 431 g/mol. The largest absolute Gasteiger partial charge is 0.390 e. The fraction of sp³-hybridized carbons (Fsp3) is 0.292. The van der Waals surface area contributed by atoms with E-state index >= 15 is 0 Å². The molecule has 0 fully saturated rings. The molecule has 0 aliphatic carbocycles. The first-order chi connectivity index (χ1) is 15.7. The molecule has 4 rings (SSSR count). The fourth-order valence-corrected chi connectivity index (χ4v) is 3.90. The molecule has 4 aromatic rings. The van der Waals surface area contributed by atoms with Crippen LogP contribution in [0.2, 0.25) is 0 Å². The van der Waals surface area contributed by atoms with Crippen molar-refractivity contribution in [2.45, 2.75) is 32.9 Å². The molecule has 6 nitrogen and oxygen atoms in total. The van der Waals surface area contributed by atoms with Crippen molar-refractivity contribution in [3.63, 3.8) is 0 Å². The molecule has 0 spiro atoms. The van der Waals surface area contributed by atoms with Crippen molar-refractivity contribution in [2.24, 2.45) is 7.05 Å². The highest BCUT2D eigenvalue weighted by molar-refractivity contribution is 5.98. The Morgan fingerprint density at radius 2 is 1.94 bits per heavy atom. The maximum Gasteiger partial charge on any atom is 0.390 e. The van der Waals surface area contributed by atoms with Crippen molar-refractivity contribution in [1.29, 1.82) is 0 Å². The zero-order chi connectivity index (χ0) is 23.8. The highest BCUT2D eigenvalue weighted by Gasteiger charge is 2.26. The maximum atomic E-state index is 12.7. The van der Waals surface area contributed by atoms with Crippen LogP contribution in [0.15, 0.2) is 48.9 Å². The summed E-state index contributed by atoms with van der Waals surface area (Å²) in [5.41, 5.74) is 5.78. The molecule has 0 saturated heterocycles.